The van der Waals surface area contributed by atoms with E-state index in [0.717, 1.165) is 0 Å². The molecular formula is C9H9F2NO3. The second-order valence-corrected chi connectivity index (χ2v) is 2.76. The zero-order valence-corrected chi connectivity index (χ0v) is 7.91. The number of pyridine rings is 1. The van der Waals surface area contributed by atoms with Gasteiger partial charge in [-0.15, -0.1) is 0 Å². The topological polar surface area (TPSA) is 59.4 Å². The summed E-state index contributed by atoms with van der Waals surface area (Å²) in [5.74, 6) is -1.16. The lowest BCUT2D eigenvalue weighted by Gasteiger charge is -2.07. The summed E-state index contributed by atoms with van der Waals surface area (Å²) in [6.45, 7) is 0. The van der Waals surface area contributed by atoms with Crippen molar-refractivity contribution in [1.29, 1.82) is 0 Å². The van der Waals surface area contributed by atoms with Crippen LogP contribution in [0.4, 0.5) is 8.78 Å². The molecule has 0 bridgehead atoms. The van der Waals surface area contributed by atoms with E-state index in [1.54, 1.807) is 0 Å². The monoisotopic (exact) mass is 217 g/mol. The first-order valence-electron chi connectivity index (χ1n) is 4.08. The smallest absolute Gasteiger partial charge is 0.309 e. The molecule has 1 aromatic rings. The normalized spacial score (nSPS) is 10.4. The van der Waals surface area contributed by atoms with Crippen molar-refractivity contribution in [3.63, 3.8) is 0 Å². The molecule has 0 atom stereocenters. The molecule has 0 amide bonds. The van der Waals surface area contributed by atoms with Gasteiger partial charge < -0.3 is 9.84 Å². The highest BCUT2D eigenvalue weighted by molar-refractivity contribution is 5.69. The van der Waals surface area contributed by atoms with Gasteiger partial charge in [-0.3, -0.25) is 4.79 Å². The maximum Gasteiger partial charge on any atom is 0.309 e. The summed E-state index contributed by atoms with van der Waals surface area (Å²) in [6.07, 6.45) is -3.17. The molecule has 4 nitrogen and oxygen atoms in total. The third-order valence-corrected chi connectivity index (χ3v) is 1.70. The number of ether oxygens (including phenoxy) is 1. The number of alkyl halides is 2. The maximum atomic E-state index is 12.4. The first kappa shape index (κ1) is 11.4. The highest BCUT2D eigenvalue weighted by atomic mass is 19.3. The summed E-state index contributed by atoms with van der Waals surface area (Å²) in [5.41, 5.74) is -0.449. The van der Waals surface area contributed by atoms with Gasteiger partial charge in [-0.25, -0.2) is 13.8 Å². The SMILES string of the molecule is COc1ccc(CC(=O)O)nc1C(F)F. The van der Waals surface area contributed by atoms with Gasteiger partial charge in [0, 0.05) is 0 Å². The predicted molar refractivity (Wildman–Crippen MR) is 47.1 cm³/mol. The predicted octanol–water partition coefficient (Wildman–Crippen LogP) is 1.65. The Balaban J connectivity index is 3.04. The molecule has 0 saturated carbocycles. The molecule has 15 heavy (non-hydrogen) atoms. The molecule has 1 heterocycles. The lowest BCUT2D eigenvalue weighted by Crippen LogP contribution is -2.05. The number of rotatable bonds is 4. The van der Waals surface area contributed by atoms with E-state index in [4.69, 9.17) is 5.11 Å². The Morgan fingerprint density at radius 2 is 2.27 bits per heavy atom. The van der Waals surface area contributed by atoms with Crippen molar-refractivity contribution in [2.24, 2.45) is 0 Å². The van der Waals surface area contributed by atoms with Crippen LogP contribution in [-0.4, -0.2) is 23.2 Å². The van der Waals surface area contributed by atoms with Crippen molar-refractivity contribution in [3.8, 4) is 5.75 Å². The van der Waals surface area contributed by atoms with Gasteiger partial charge in [0.1, 0.15) is 11.4 Å². The fourth-order valence-corrected chi connectivity index (χ4v) is 1.09. The molecule has 0 unspecified atom stereocenters. The van der Waals surface area contributed by atoms with Gasteiger partial charge in [0.25, 0.3) is 6.43 Å². The van der Waals surface area contributed by atoms with Crippen molar-refractivity contribution in [1.82, 2.24) is 4.98 Å². The van der Waals surface area contributed by atoms with Crippen LogP contribution < -0.4 is 4.74 Å². The third kappa shape index (κ3) is 2.87. The number of carboxylic acid groups (broad SMARTS) is 1. The van der Waals surface area contributed by atoms with Gasteiger partial charge >= 0.3 is 5.97 Å². The van der Waals surface area contributed by atoms with Crippen LogP contribution in [0, 0.1) is 0 Å². The molecule has 1 aromatic heterocycles. The molecule has 82 valence electrons. The zero-order chi connectivity index (χ0) is 11.4. The Hall–Kier alpha value is -1.72. The third-order valence-electron chi connectivity index (χ3n) is 1.70. The maximum absolute atomic E-state index is 12.4. The first-order valence-corrected chi connectivity index (χ1v) is 4.08. The van der Waals surface area contributed by atoms with Crippen LogP contribution in [0.5, 0.6) is 5.75 Å². The molecule has 6 heteroatoms. The summed E-state index contributed by atoms with van der Waals surface area (Å²) >= 11 is 0. The molecule has 1 rings (SSSR count). The number of hydrogen-bond acceptors (Lipinski definition) is 3. The van der Waals surface area contributed by atoms with Crippen LogP contribution in [0.2, 0.25) is 0 Å². The van der Waals surface area contributed by atoms with E-state index < -0.39 is 18.1 Å². The standard InChI is InChI=1S/C9H9F2NO3/c1-15-6-3-2-5(4-7(13)14)12-8(6)9(10)11/h2-3,9H,4H2,1H3,(H,13,14). The Bertz CT molecular complexity index is 368. The number of halogens is 2. The van der Waals surface area contributed by atoms with Crippen molar-refractivity contribution in [2.75, 3.05) is 7.11 Å². The van der Waals surface area contributed by atoms with Crippen molar-refractivity contribution < 1.29 is 23.4 Å². The number of carboxylic acids is 1. The Morgan fingerprint density at radius 3 is 2.73 bits per heavy atom. The minimum absolute atomic E-state index is 0.0425. The quantitative estimate of drug-likeness (QED) is 0.833. The molecule has 0 aliphatic carbocycles. The molecule has 1 N–H and O–H groups in total. The average Bonchev–Trinajstić information content (AvgIpc) is 2.16. The van der Waals surface area contributed by atoms with Crippen molar-refractivity contribution in [3.05, 3.63) is 23.5 Å². The molecule has 0 fully saturated rings. The van der Waals surface area contributed by atoms with Crippen LogP contribution in [0.1, 0.15) is 17.8 Å². The number of hydrogen-bond donors (Lipinski definition) is 1. The van der Waals surface area contributed by atoms with Gasteiger partial charge in [-0.05, 0) is 12.1 Å². The largest absolute Gasteiger partial charge is 0.495 e. The summed E-state index contributed by atoms with van der Waals surface area (Å²) in [5, 5.41) is 8.46. The van der Waals surface area contributed by atoms with Crippen LogP contribution >= 0.6 is 0 Å². The number of carbonyl (C=O) groups is 1. The van der Waals surface area contributed by atoms with Gasteiger partial charge in [-0.1, -0.05) is 0 Å². The van der Waals surface area contributed by atoms with E-state index in [2.05, 4.69) is 9.72 Å². The van der Waals surface area contributed by atoms with E-state index in [1.165, 1.54) is 19.2 Å². The van der Waals surface area contributed by atoms with Crippen molar-refractivity contribution in [2.45, 2.75) is 12.8 Å². The summed E-state index contributed by atoms with van der Waals surface area (Å²) in [6, 6.07) is 2.63. The van der Waals surface area contributed by atoms with Gasteiger partial charge in [0.05, 0.1) is 19.2 Å². The minimum Gasteiger partial charge on any atom is -0.495 e. The average molecular weight is 217 g/mol. The second kappa shape index (κ2) is 4.68. The van der Waals surface area contributed by atoms with Crippen LogP contribution in [0.3, 0.4) is 0 Å². The minimum atomic E-state index is -2.78. The fourth-order valence-electron chi connectivity index (χ4n) is 1.09. The van der Waals surface area contributed by atoms with Gasteiger partial charge in [0.15, 0.2) is 0 Å². The number of aromatic nitrogens is 1. The van der Waals surface area contributed by atoms with Crippen LogP contribution in [0.15, 0.2) is 12.1 Å². The first-order chi connectivity index (χ1) is 7.04. The molecule has 0 radical (unpaired) electrons. The van der Waals surface area contributed by atoms with Crippen LogP contribution in [0.25, 0.3) is 0 Å². The Labute approximate surface area is 84.5 Å². The molecule has 0 saturated heterocycles. The molecule has 0 spiro atoms. The molecule has 0 aliphatic heterocycles. The zero-order valence-electron chi connectivity index (χ0n) is 7.91. The number of aliphatic carboxylic acids is 1. The Morgan fingerprint density at radius 1 is 1.60 bits per heavy atom. The summed E-state index contributed by atoms with van der Waals surface area (Å²) in [4.78, 5) is 13.9. The Kier molecular flexibility index (Phi) is 3.54. The van der Waals surface area contributed by atoms with E-state index in [0.29, 0.717) is 0 Å². The van der Waals surface area contributed by atoms with E-state index >= 15 is 0 Å². The second-order valence-electron chi connectivity index (χ2n) is 2.76. The molecule has 0 aliphatic rings. The lowest BCUT2D eigenvalue weighted by atomic mass is 10.2. The van der Waals surface area contributed by atoms with E-state index in [-0.39, 0.29) is 17.9 Å². The number of methoxy groups -OCH3 is 1. The summed E-state index contributed by atoms with van der Waals surface area (Å²) < 4.78 is 29.6. The summed E-state index contributed by atoms with van der Waals surface area (Å²) in [7, 11) is 1.25. The van der Waals surface area contributed by atoms with Gasteiger partial charge in [0.2, 0.25) is 0 Å². The lowest BCUT2D eigenvalue weighted by molar-refractivity contribution is -0.136. The highest BCUT2D eigenvalue weighted by Crippen LogP contribution is 2.26. The number of nitrogens with zero attached hydrogens (tertiary/aromatic N) is 1. The van der Waals surface area contributed by atoms with Crippen molar-refractivity contribution >= 4 is 5.97 Å². The fraction of sp³-hybridized carbons (Fsp3) is 0.333. The highest BCUT2D eigenvalue weighted by Gasteiger charge is 2.17. The van der Waals surface area contributed by atoms with E-state index in [9.17, 15) is 13.6 Å². The molecular weight excluding hydrogens is 208 g/mol. The van der Waals surface area contributed by atoms with E-state index in [1.807, 2.05) is 0 Å². The molecule has 0 aromatic carbocycles. The van der Waals surface area contributed by atoms with Gasteiger partial charge in [-0.2, -0.15) is 0 Å². The van der Waals surface area contributed by atoms with Crippen LogP contribution in [-0.2, 0) is 11.2 Å².